The fourth-order valence-electron chi connectivity index (χ4n) is 3.21. The summed E-state index contributed by atoms with van der Waals surface area (Å²) >= 11 is 3.50. The monoisotopic (exact) mass is 400 g/mol. The molecule has 4 heteroatoms. The van der Waals surface area contributed by atoms with Crippen molar-refractivity contribution in [2.24, 2.45) is 0 Å². The number of nitrogens with zero attached hydrogens (tertiary/aromatic N) is 1. The van der Waals surface area contributed by atoms with Gasteiger partial charge in [-0.3, -0.25) is 4.79 Å². The number of anilines is 1. The van der Waals surface area contributed by atoms with Crippen molar-refractivity contribution < 1.29 is 4.79 Å². The molecular weight excluding hydrogens is 376 g/mol. The van der Waals surface area contributed by atoms with Gasteiger partial charge in [-0.05, 0) is 55.5 Å². The van der Waals surface area contributed by atoms with Gasteiger partial charge in [0.25, 0.3) is 0 Å². The number of halogens is 1. The van der Waals surface area contributed by atoms with Gasteiger partial charge in [0.05, 0.1) is 5.41 Å². The lowest BCUT2D eigenvalue weighted by molar-refractivity contribution is -0.123. The van der Waals surface area contributed by atoms with Gasteiger partial charge in [0, 0.05) is 30.3 Å². The number of hydrogen-bond donors (Lipinski definition) is 1. The Morgan fingerprint density at radius 1 is 1.12 bits per heavy atom. The number of carbonyl (C=O) groups excluding carboxylic acids is 1. The Hall–Kier alpha value is -1.81. The predicted molar refractivity (Wildman–Crippen MR) is 107 cm³/mol. The van der Waals surface area contributed by atoms with Crippen LogP contribution in [0.3, 0.4) is 0 Å². The van der Waals surface area contributed by atoms with Crippen molar-refractivity contribution in [2.75, 3.05) is 25.0 Å². The van der Waals surface area contributed by atoms with Crippen molar-refractivity contribution in [1.29, 1.82) is 0 Å². The van der Waals surface area contributed by atoms with E-state index in [1.165, 1.54) is 5.69 Å². The molecule has 0 radical (unpaired) electrons. The van der Waals surface area contributed by atoms with E-state index in [0.717, 1.165) is 48.8 Å². The first kappa shape index (κ1) is 18.0. The maximum atomic E-state index is 12.6. The van der Waals surface area contributed by atoms with Crippen molar-refractivity contribution in [1.82, 2.24) is 5.32 Å². The van der Waals surface area contributed by atoms with E-state index >= 15 is 0 Å². The number of para-hydroxylation sites is 1. The summed E-state index contributed by atoms with van der Waals surface area (Å²) in [7, 11) is 2.11. The fraction of sp³-hybridized carbons (Fsp3) is 0.381. The van der Waals surface area contributed by atoms with Crippen LogP contribution in [0.25, 0.3) is 0 Å². The van der Waals surface area contributed by atoms with Crippen LogP contribution in [0.4, 0.5) is 5.69 Å². The van der Waals surface area contributed by atoms with Crippen molar-refractivity contribution >= 4 is 27.5 Å². The lowest BCUT2D eigenvalue weighted by atomic mass is 9.95. The number of carbonyl (C=O) groups is 1. The molecule has 0 unspecified atom stereocenters. The Labute approximate surface area is 158 Å². The molecule has 0 bridgehead atoms. The summed E-state index contributed by atoms with van der Waals surface area (Å²) in [6.07, 6.45) is 3.96. The lowest BCUT2D eigenvalue weighted by Gasteiger charge is -2.19. The number of hydrogen-bond acceptors (Lipinski definition) is 2. The molecular formula is C21H25BrN2O. The summed E-state index contributed by atoms with van der Waals surface area (Å²) in [5.41, 5.74) is 2.08. The Kier molecular flexibility index (Phi) is 5.79. The zero-order chi connectivity index (χ0) is 17.7. The summed E-state index contributed by atoms with van der Waals surface area (Å²) in [4.78, 5) is 14.9. The van der Waals surface area contributed by atoms with E-state index in [0.29, 0.717) is 0 Å². The van der Waals surface area contributed by atoms with Crippen LogP contribution in [0.15, 0.2) is 59.1 Å². The number of rotatable bonds is 8. The standard InChI is InChI=1S/C21H25BrN2O/c1-24(19-10-3-2-4-11-19)15-6-5-14-23-20(25)21(12-13-21)17-8-7-9-18(22)16-17/h2-4,7-11,16H,5-6,12-15H2,1H3,(H,23,25). The van der Waals surface area contributed by atoms with Crippen LogP contribution in [-0.2, 0) is 10.2 Å². The average Bonchev–Trinajstić information content (AvgIpc) is 3.44. The summed E-state index contributed by atoms with van der Waals surface area (Å²) in [6.45, 7) is 1.74. The third-order valence-corrected chi connectivity index (χ3v) is 5.46. The van der Waals surface area contributed by atoms with Gasteiger partial charge in [0.1, 0.15) is 0 Å². The summed E-state index contributed by atoms with van der Waals surface area (Å²) < 4.78 is 1.04. The van der Waals surface area contributed by atoms with Crippen LogP contribution >= 0.6 is 15.9 Å². The van der Waals surface area contributed by atoms with E-state index in [2.05, 4.69) is 69.6 Å². The molecule has 0 saturated heterocycles. The molecule has 0 aromatic heterocycles. The van der Waals surface area contributed by atoms with Crippen LogP contribution in [-0.4, -0.2) is 26.0 Å². The Morgan fingerprint density at radius 2 is 1.88 bits per heavy atom. The molecule has 132 valence electrons. The van der Waals surface area contributed by atoms with Gasteiger partial charge < -0.3 is 10.2 Å². The third kappa shape index (κ3) is 4.43. The molecule has 2 aromatic rings. The first-order chi connectivity index (χ1) is 12.1. The lowest BCUT2D eigenvalue weighted by Crippen LogP contribution is -2.35. The van der Waals surface area contributed by atoms with Gasteiger partial charge in [-0.2, -0.15) is 0 Å². The summed E-state index contributed by atoms with van der Waals surface area (Å²) in [5.74, 6) is 0.182. The van der Waals surface area contributed by atoms with Crippen LogP contribution < -0.4 is 10.2 Å². The van der Waals surface area contributed by atoms with Crippen molar-refractivity contribution in [3.05, 3.63) is 64.6 Å². The van der Waals surface area contributed by atoms with E-state index in [4.69, 9.17) is 0 Å². The Balaban J connectivity index is 1.41. The third-order valence-electron chi connectivity index (χ3n) is 4.96. The van der Waals surface area contributed by atoms with Gasteiger partial charge in [0.2, 0.25) is 5.91 Å². The van der Waals surface area contributed by atoms with Gasteiger partial charge in [-0.1, -0.05) is 46.3 Å². The highest BCUT2D eigenvalue weighted by Crippen LogP contribution is 2.48. The summed E-state index contributed by atoms with van der Waals surface area (Å²) in [6, 6.07) is 18.5. The molecule has 2 aromatic carbocycles. The quantitative estimate of drug-likeness (QED) is 0.660. The second-order valence-electron chi connectivity index (χ2n) is 6.81. The Morgan fingerprint density at radius 3 is 2.56 bits per heavy atom. The van der Waals surface area contributed by atoms with Gasteiger partial charge in [-0.25, -0.2) is 0 Å². The van der Waals surface area contributed by atoms with E-state index in [1.54, 1.807) is 0 Å². The van der Waals surface area contributed by atoms with Crippen molar-refractivity contribution in [3.8, 4) is 0 Å². The molecule has 1 aliphatic rings. The topological polar surface area (TPSA) is 32.3 Å². The molecule has 1 saturated carbocycles. The Bertz CT molecular complexity index is 713. The molecule has 0 heterocycles. The van der Waals surface area contributed by atoms with Crippen LogP contribution in [0.1, 0.15) is 31.2 Å². The zero-order valence-electron chi connectivity index (χ0n) is 14.7. The SMILES string of the molecule is CN(CCCCNC(=O)C1(c2cccc(Br)c2)CC1)c1ccccc1. The first-order valence-electron chi connectivity index (χ1n) is 8.92. The molecule has 1 amide bonds. The molecule has 0 atom stereocenters. The van der Waals surface area contributed by atoms with E-state index in [1.807, 2.05) is 18.2 Å². The fourth-order valence-corrected chi connectivity index (χ4v) is 3.61. The van der Waals surface area contributed by atoms with Crippen molar-refractivity contribution in [3.63, 3.8) is 0 Å². The minimum atomic E-state index is -0.287. The normalized spacial score (nSPS) is 14.8. The van der Waals surface area contributed by atoms with Crippen LogP contribution in [0.5, 0.6) is 0 Å². The molecule has 25 heavy (non-hydrogen) atoms. The molecule has 1 fully saturated rings. The second kappa shape index (κ2) is 8.05. The molecule has 3 rings (SSSR count). The maximum Gasteiger partial charge on any atom is 0.230 e. The van der Waals surface area contributed by atoms with Gasteiger partial charge in [-0.15, -0.1) is 0 Å². The van der Waals surface area contributed by atoms with E-state index < -0.39 is 0 Å². The largest absolute Gasteiger partial charge is 0.375 e. The molecule has 1 N–H and O–H groups in total. The number of nitrogens with one attached hydrogen (secondary N) is 1. The zero-order valence-corrected chi connectivity index (χ0v) is 16.3. The van der Waals surface area contributed by atoms with E-state index in [-0.39, 0.29) is 11.3 Å². The number of unbranched alkanes of at least 4 members (excludes halogenated alkanes) is 1. The second-order valence-corrected chi connectivity index (χ2v) is 7.73. The highest BCUT2D eigenvalue weighted by molar-refractivity contribution is 9.10. The van der Waals surface area contributed by atoms with Gasteiger partial charge in [0.15, 0.2) is 0 Å². The molecule has 0 aliphatic heterocycles. The smallest absolute Gasteiger partial charge is 0.230 e. The van der Waals surface area contributed by atoms with E-state index in [9.17, 15) is 4.79 Å². The van der Waals surface area contributed by atoms with Crippen LogP contribution in [0.2, 0.25) is 0 Å². The minimum Gasteiger partial charge on any atom is -0.375 e. The first-order valence-corrected chi connectivity index (χ1v) is 9.72. The molecule has 3 nitrogen and oxygen atoms in total. The highest BCUT2D eigenvalue weighted by atomic mass is 79.9. The highest BCUT2D eigenvalue weighted by Gasteiger charge is 2.51. The molecule has 0 spiro atoms. The maximum absolute atomic E-state index is 12.6. The number of benzene rings is 2. The van der Waals surface area contributed by atoms with Crippen molar-refractivity contribution in [2.45, 2.75) is 31.1 Å². The number of amides is 1. The minimum absolute atomic E-state index is 0.182. The van der Waals surface area contributed by atoms with Gasteiger partial charge >= 0.3 is 0 Å². The summed E-state index contributed by atoms with van der Waals surface area (Å²) in [5, 5.41) is 3.14. The molecule has 1 aliphatic carbocycles. The predicted octanol–water partition coefficient (Wildman–Crippen LogP) is 4.51. The van der Waals surface area contributed by atoms with Crippen LogP contribution in [0, 0.1) is 0 Å². The average molecular weight is 401 g/mol.